The molecule has 0 aromatic heterocycles. The quantitative estimate of drug-likeness (QED) is 0.590. The van der Waals surface area contributed by atoms with Crippen molar-refractivity contribution in [3.63, 3.8) is 0 Å². The van der Waals surface area contributed by atoms with Gasteiger partial charge in [0.2, 0.25) is 0 Å². The molecular weight excluding hydrogens is 116 g/mol. The minimum atomic E-state index is 0.209. The Bertz CT molecular complexity index is 179. The Morgan fingerprint density at radius 2 is 1.67 bits per heavy atom. The molecule has 1 aromatic carbocycles. The van der Waals surface area contributed by atoms with E-state index in [1.165, 1.54) is 12.1 Å². The maximum atomic E-state index is 8.76. The van der Waals surface area contributed by atoms with E-state index in [0.29, 0.717) is 5.56 Å². The topological polar surface area (TPSA) is 40.5 Å². The molecule has 0 aliphatic carbocycles. The van der Waals surface area contributed by atoms with Gasteiger partial charge in [0, 0.05) is 0 Å². The van der Waals surface area contributed by atoms with Crippen molar-refractivity contribution < 1.29 is 10.2 Å². The molecule has 2 nitrogen and oxygen atoms in total. The van der Waals surface area contributed by atoms with E-state index in [-0.39, 0.29) is 5.75 Å². The molecule has 0 aliphatic rings. The third-order valence-electron chi connectivity index (χ3n) is 1.04. The largest absolute Gasteiger partial charge is 0.508 e. The third kappa shape index (κ3) is 1.44. The number of phenols is 1. The molecule has 0 saturated heterocycles. The molecule has 1 radical (unpaired) electrons. The number of rotatable bonds is 1. The van der Waals surface area contributed by atoms with Crippen LogP contribution in [0.2, 0.25) is 0 Å². The smallest absolute Gasteiger partial charge is 0.115 e. The Hall–Kier alpha value is -1.02. The second-order valence-corrected chi connectivity index (χ2v) is 1.72. The first-order valence-corrected chi connectivity index (χ1v) is 2.59. The van der Waals surface area contributed by atoms with Crippen molar-refractivity contribution in [2.24, 2.45) is 0 Å². The van der Waals surface area contributed by atoms with Crippen LogP contribution in [0.3, 0.4) is 0 Å². The highest BCUT2D eigenvalue weighted by Gasteiger charge is 1.88. The summed E-state index contributed by atoms with van der Waals surface area (Å²) in [6.45, 7) is 0.986. The van der Waals surface area contributed by atoms with E-state index in [4.69, 9.17) is 10.2 Å². The van der Waals surface area contributed by atoms with E-state index in [2.05, 4.69) is 0 Å². The van der Waals surface area contributed by atoms with Crippen molar-refractivity contribution in [1.82, 2.24) is 0 Å². The van der Waals surface area contributed by atoms with Crippen molar-refractivity contribution in [1.29, 1.82) is 0 Å². The van der Waals surface area contributed by atoms with E-state index >= 15 is 0 Å². The summed E-state index contributed by atoms with van der Waals surface area (Å²) in [4.78, 5) is 0. The Morgan fingerprint density at radius 3 is 2.11 bits per heavy atom. The van der Waals surface area contributed by atoms with Crippen LogP contribution in [-0.4, -0.2) is 10.2 Å². The zero-order valence-electron chi connectivity index (χ0n) is 4.78. The summed E-state index contributed by atoms with van der Waals surface area (Å²) < 4.78 is 0. The summed E-state index contributed by atoms with van der Waals surface area (Å²) in [6, 6.07) is 6.27. The van der Waals surface area contributed by atoms with Gasteiger partial charge in [0.05, 0.1) is 0 Å². The van der Waals surface area contributed by atoms with Crippen molar-refractivity contribution in [2.75, 3.05) is 0 Å². The summed E-state index contributed by atoms with van der Waals surface area (Å²) in [6.07, 6.45) is 0. The normalized spacial score (nSPS) is 9.44. The fourth-order valence-corrected chi connectivity index (χ4v) is 0.560. The maximum absolute atomic E-state index is 8.76. The van der Waals surface area contributed by atoms with E-state index in [9.17, 15) is 0 Å². The molecule has 0 fully saturated rings. The van der Waals surface area contributed by atoms with Gasteiger partial charge in [-0.2, -0.15) is 0 Å². The van der Waals surface area contributed by atoms with Gasteiger partial charge >= 0.3 is 0 Å². The minimum absolute atomic E-state index is 0.209. The number of aromatic hydroxyl groups is 1. The van der Waals surface area contributed by atoms with E-state index in [0.717, 1.165) is 6.61 Å². The van der Waals surface area contributed by atoms with E-state index < -0.39 is 0 Å². The summed E-state index contributed by atoms with van der Waals surface area (Å²) in [5.74, 6) is 0.209. The van der Waals surface area contributed by atoms with Crippen LogP contribution in [0.5, 0.6) is 5.75 Å². The van der Waals surface area contributed by atoms with Gasteiger partial charge in [-0.05, 0) is 17.7 Å². The van der Waals surface area contributed by atoms with Crippen LogP contribution in [0, 0.1) is 6.61 Å². The second-order valence-electron chi connectivity index (χ2n) is 1.72. The van der Waals surface area contributed by atoms with Gasteiger partial charge in [0.25, 0.3) is 0 Å². The highest BCUT2D eigenvalue weighted by Crippen LogP contribution is 2.09. The molecular formula is C7H7O2. The van der Waals surface area contributed by atoms with Crippen LogP contribution in [0.1, 0.15) is 5.56 Å². The number of benzene rings is 1. The monoisotopic (exact) mass is 123 g/mol. The van der Waals surface area contributed by atoms with Crippen LogP contribution in [0.15, 0.2) is 24.3 Å². The molecule has 0 heterocycles. The lowest BCUT2D eigenvalue weighted by Crippen LogP contribution is -1.75. The molecule has 0 saturated carbocycles. The maximum Gasteiger partial charge on any atom is 0.115 e. The second kappa shape index (κ2) is 2.51. The summed E-state index contributed by atoms with van der Waals surface area (Å²) in [5.41, 5.74) is 0.688. The zero-order chi connectivity index (χ0) is 6.69. The third-order valence-corrected chi connectivity index (χ3v) is 1.04. The molecule has 2 N–H and O–H groups in total. The molecule has 0 aliphatic heterocycles. The van der Waals surface area contributed by atoms with Gasteiger partial charge < -0.3 is 10.2 Å². The van der Waals surface area contributed by atoms with Crippen LogP contribution in [0.4, 0.5) is 0 Å². The average molecular weight is 123 g/mol. The molecule has 0 atom stereocenters. The van der Waals surface area contributed by atoms with Gasteiger partial charge in [-0.15, -0.1) is 0 Å². The van der Waals surface area contributed by atoms with Crippen LogP contribution < -0.4 is 0 Å². The van der Waals surface area contributed by atoms with Crippen molar-refractivity contribution >= 4 is 0 Å². The molecule has 1 aromatic rings. The average Bonchev–Trinajstić information content (AvgIpc) is 1.90. The number of hydrogen-bond donors (Lipinski definition) is 2. The molecule has 1 rings (SSSR count). The molecule has 2 heteroatoms. The highest BCUT2D eigenvalue weighted by atomic mass is 16.3. The minimum Gasteiger partial charge on any atom is -0.508 e. The molecule has 47 valence electrons. The fourth-order valence-electron chi connectivity index (χ4n) is 0.560. The Labute approximate surface area is 53.4 Å². The van der Waals surface area contributed by atoms with Crippen molar-refractivity contribution in [3.8, 4) is 5.75 Å². The van der Waals surface area contributed by atoms with E-state index in [1.54, 1.807) is 12.1 Å². The van der Waals surface area contributed by atoms with Crippen molar-refractivity contribution in [2.45, 2.75) is 0 Å². The summed E-state index contributed by atoms with van der Waals surface area (Å²) in [5, 5.41) is 17.2. The van der Waals surface area contributed by atoms with Crippen LogP contribution in [-0.2, 0) is 0 Å². The first-order chi connectivity index (χ1) is 4.33. The molecule has 9 heavy (non-hydrogen) atoms. The Kier molecular flexibility index (Phi) is 1.70. The van der Waals surface area contributed by atoms with Crippen LogP contribution >= 0.6 is 0 Å². The SMILES string of the molecule is O[CH]c1ccc(O)cc1. The number of hydrogen-bond acceptors (Lipinski definition) is 2. The Morgan fingerprint density at radius 1 is 1.11 bits per heavy atom. The van der Waals surface area contributed by atoms with Gasteiger partial charge in [0.1, 0.15) is 12.4 Å². The van der Waals surface area contributed by atoms with Gasteiger partial charge in [-0.1, -0.05) is 12.1 Å². The number of phenolic OH excluding ortho intramolecular Hbond substituents is 1. The predicted molar refractivity (Wildman–Crippen MR) is 33.4 cm³/mol. The first kappa shape index (κ1) is 6.11. The summed E-state index contributed by atoms with van der Waals surface area (Å²) in [7, 11) is 0. The lowest BCUT2D eigenvalue weighted by atomic mass is 10.2. The van der Waals surface area contributed by atoms with E-state index in [1.807, 2.05) is 0 Å². The molecule has 0 amide bonds. The Balaban J connectivity index is 2.88. The van der Waals surface area contributed by atoms with Gasteiger partial charge in [-0.3, -0.25) is 0 Å². The van der Waals surface area contributed by atoms with Gasteiger partial charge in [0.15, 0.2) is 0 Å². The zero-order valence-corrected chi connectivity index (χ0v) is 4.78. The van der Waals surface area contributed by atoms with Crippen LogP contribution in [0.25, 0.3) is 0 Å². The molecule has 0 bridgehead atoms. The molecule has 0 spiro atoms. The standard InChI is InChI=1S/C7H7O2/c8-5-6-1-3-7(9)4-2-6/h1-5,8-9H. The predicted octanol–water partition coefficient (Wildman–Crippen LogP) is 1.27. The number of aliphatic hydroxyl groups is 1. The van der Waals surface area contributed by atoms with Crippen molar-refractivity contribution in [3.05, 3.63) is 36.4 Å². The first-order valence-electron chi connectivity index (χ1n) is 2.59. The van der Waals surface area contributed by atoms with Gasteiger partial charge in [-0.25, -0.2) is 0 Å². The summed E-state index contributed by atoms with van der Waals surface area (Å²) >= 11 is 0. The molecule has 0 unspecified atom stereocenters. The number of aliphatic hydroxyl groups excluding tert-OH is 1. The fraction of sp³-hybridized carbons (Fsp3) is 0. The lowest BCUT2D eigenvalue weighted by Gasteiger charge is -1.92. The highest BCUT2D eigenvalue weighted by molar-refractivity contribution is 5.28. The lowest BCUT2D eigenvalue weighted by molar-refractivity contribution is 0.414.